The second-order valence-corrected chi connectivity index (χ2v) is 8.04. The van der Waals surface area contributed by atoms with Crippen LogP contribution in [0.5, 0.6) is 0 Å². The topological polar surface area (TPSA) is 52.8 Å². The summed E-state index contributed by atoms with van der Waals surface area (Å²) in [7, 11) is 0. The Hall–Kier alpha value is -4.18. The number of benzene rings is 4. The third-order valence-electron chi connectivity index (χ3n) is 5.86. The monoisotopic (exact) mass is 641 g/mol. The van der Waals surface area contributed by atoms with Gasteiger partial charge in [0.15, 0.2) is 0 Å². The van der Waals surface area contributed by atoms with Crippen LogP contribution < -0.4 is 4.98 Å². The molecule has 3 heterocycles. The molecule has 4 nitrogen and oxygen atoms in total. The van der Waals surface area contributed by atoms with Crippen molar-refractivity contribution in [1.82, 2.24) is 19.9 Å². The van der Waals surface area contributed by atoms with E-state index in [0.29, 0.717) is 5.82 Å². The van der Waals surface area contributed by atoms with Crippen LogP contribution in [0.25, 0.3) is 55.4 Å². The van der Waals surface area contributed by atoms with Gasteiger partial charge < -0.3 is 15.0 Å². The molecule has 5 heteroatoms. The van der Waals surface area contributed by atoms with Crippen LogP contribution in [0.1, 0.15) is 0 Å². The third-order valence-corrected chi connectivity index (χ3v) is 5.86. The average Bonchev–Trinajstić information content (AvgIpc) is 3.41. The first-order valence-electron chi connectivity index (χ1n) is 11.4. The van der Waals surface area contributed by atoms with E-state index in [2.05, 4.69) is 52.4 Å². The Morgan fingerprint density at radius 3 is 1.78 bits per heavy atom. The molecule has 4 aromatic carbocycles. The van der Waals surface area contributed by atoms with Gasteiger partial charge in [0, 0.05) is 32.5 Å². The zero-order chi connectivity index (χ0) is 23.5. The first-order valence-corrected chi connectivity index (χ1v) is 11.4. The molecule has 36 heavy (non-hydrogen) atoms. The van der Waals surface area contributed by atoms with E-state index in [4.69, 9.17) is 9.97 Å². The Kier molecular flexibility index (Phi) is 6.94. The summed E-state index contributed by atoms with van der Waals surface area (Å²) in [6.07, 6.45) is 3.56. The van der Waals surface area contributed by atoms with Gasteiger partial charge in [-0.2, -0.15) is 0 Å². The fraction of sp³-hybridized carbons (Fsp3) is 0. The van der Waals surface area contributed by atoms with E-state index in [1.165, 1.54) is 10.8 Å². The largest absolute Gasteiger partial charge is 0.434 e. The summed E-state index contributed by atoms with van der Waals surface area (Å²) in [6.45, 7) is 0. The van der Waals surface area contributed by atoms with Crippen LogP contribution in [-0.2, 0) is 20.1 Å². The smallest absolute Gasteiger partial charge is 0.0620 e. The summed E-state index contributed by atoms with van der Waals surface area (Å²) in [4.78, 5) is 18.2. The molecule has 0 aliphatic heterocycles. The molecule has 0 amide bonds. The Morgan fingerprint density at radius 2 is 1.14 bits per heavy atom. The van der Waals surface area contributed by atoms with Crippen molar-refractivity contribution in [1.29, 1.82) is 0 Å². The quantitative estimate of drug-likeness (QED) is 0.149. The molecule has 7 aromatic rings. The van der Waals surface area contributed by atoms with Crippen molar-refractivity contribution < 1.29 is 20.1 Å². The molecule has 0 aliphatic carbocycles. The van der Waals surface area contributed by atoms with Crippen molar-refractivity contribution in [2.75, 3.05) is 0 Å². The second-order valence-electron chi connectivity index (χ2n) is 8.04. The van der Waals surface area contributed by atoms with Crippen LogP contribution in [0.2, 0.25) is 0 Å². The van der Waals surface area contributed by atoms with E-state index >= 15 is 0 Å². The molecule has 0 fully saturated rings. The number of rotatable bonds is 2. The molecule has 1 radical (unpaired) electrons. The van der Waals surface area contributed by atoms with Crippen molar-refractivity contribution in [3.8, 4) is 22.8 Å². The first-order chi connectivity index (χ1) is 17.4. The SMILES string of the molecule is [Ir].[c-]1ccccc1-c1ccccn1.c1ccc(-c2nc3c4ccccc4c4ccccc4c3[n-]2)nc1. The Morgan fingerprint density at radius 1 is 0.556 bits per heavy atom. The second kappa shape index (κ2) is 10.6. The van der Waals surface area contributed by atoms with E-state index in [-0.39, 0.29) is 20.1 Å². The predicted molar refractivity (Wildman–Crippen MR) is 142 cm³/mol. The van der Waals surface area contributed by atoms with E-state index in [0.717, 1.165) is 38.8 Å². The zero-order valence-corrected chi connectivity index (χ0v) is 21.6. The number of aromatic nitrogens is 4. The zero-order valence-electron chi connectivity index (χ0n) is 19.2. The Bertz CT molecular complexity index is 1620. The van der Waals surface area contributed by atoms with E-state index in [1.807, 2.05) is 72.8 Å². The average molecular weight is 641 g/mol. The molecule has 0 aliphatic rings. The third kappa shape index (κ3) is 4.54. The minimum atomic E-state index is 0. The van der Waals surface area contributed by atoms with Crippen LogP contribution in [0, 0.1) is 6.07 Å². The van der Waals surface area contributed by atoms with Gasteiger partial charge in [-0.15, -0.1) is 35.9 Å². The molecule has 0 saturated heterocycles. The maximum atomic E-state index is 4.79. The van der Waals surface area contributed by atoms with Crippen LogP contribution in [0.15, 0.2) is 122 Å². The van der Waals surface area contributed by atoms with Gasteiger partial charge in [0.1, 0.15) is 0 Å². The van der Waals surface area contributed by atoms with E-state index in [1.54, 1.807) is 12.4 Å². The van der Waals surface area contributed by atoms with Gasteiger partial charge in [0.05, 0.1) is 5.69 Å². The van der Waals surface area contributed by atoms with Crippen molar-refractivity contribution in [2.24, 2.45) is 0 Å². The van der Waals surface area contributed by atoms with Gasteiger partial charge in [0.25, 0.3) is 0 Å². The first kappa shape index (κ1) is 23.6. The van der Waals surface area contributed by atoms with Crippen molar-refractivity contribution in [3.63, 3.8) is 0 Å². The summed E-state index contributed by atoms with van der Waals surface area (Å²) >= 11 is 0. The Labute approximate surface area is 222 Å². The molecule has 0 spiro atoms. The van der Waals surface area contributed by atoms with Gasteiger partial charge in [-0.25, -0.2) is 0 Å². The van der Waals surface area contributed by atoms with Crippen LogP contribution >= 0.6 is 0 Å². The van der Waals surface area contributed by atoms with Gasteiger partial charge >= 0.3 is 0 Å². The molecule has 7 rings (SSSR count). The van der Waals surface area contributed by atoms with E-state index in [9.17, 15) is 0 Å². The number of nitrogens with zero attached hydrogens (tertiary/aromatic N) is 4. The molecule has 0 bridgehead atoms. The minimum Gasteiger partial charge on any atom is -0.434 e. The van der Waals surface area contributed by atoms with Gasteiger partial charge in [-0.1, -0.05) is 66.7 Å². The summed E-state index contributed by atoms with van der Waals surface area (Å²) < 4.78 is 0. The Balaban J connectivity index is 0.000000175. The molecule has 0 atom stereocenters. The molecule has 0 saturated carbocycles. The minimum absolute atomic E-state index is 0. The fourth-order valence-electron chi connectivity index (χ4n) is 4.25. The molecule has 0 N–H and O–H groups in total. The molecule has 175 valence electrons. The number of hydrogen-bond acceptors (Lipinski definition) is 3. The molecule has 3 aromatic heterocycles. The van der Waals surface area contributed by atoms with Gasteiger partial charge in [0.2, 0.25) is 0 Å². The van der Waals surface area contributed by atoms with Crippen molar-refractivity contribution in [3.05, 3.63) is 128 Å². The van der Waals surface area contributed by atoms with Crippen molar-refractivity contribution >= 4 is 32.6 Å². The standard InChI is InChI=1S/C20H12N3.C11H8N.Ir/c1-3-9-15-13(7-1)14-8-2-4-10-16(14)19-18(15)22-20(23-19)17-11-5-6-12-21-17;1-2-6-10(7-3-1)11-8-4-5-9-12-11;/h1-12H;1-6,8-9H;/q2*-1;. The maximum absolute atomic E-state index is 4.79. The molecule has 0 unspecified atom stereocenters. The van der Waals surface area contributed by atoms with Gasteiger partial charge in [-0.3, -0.25) is 4.98 Å². The van der Waals surface area contributed by atoms with Gasteiger partial charge in [-0.05, 0) is 62.3 Å². The summed E-state index contributed by atoms with van der Waals surface area (Å²) in [6, 6.07) is 39.4. The summed E-state index contributed by atoms with van der Waals surface area (Å²) in [5.41, 5.74) is 4.70. The summed E-state index contributed by atoms with van der Waals surface area (Å²) in [5.74, 6) is 0.683. The molecular formula is C31H20IrN4-2. The normalized spacial score (nSPS) is 10.6. The number of hydrogen-bond donors (Lipinski definition) is 0. The fourth-order valence-corrected chi connectivity index (χ4v) is 4.25. The maximum Gasteiger partial charge on any atom is 0.0620 e. The number of imidazole rings is 1. The number of fused-ring (bicyclic) bond motifs is 6. The number of pyridine rings is 2. The van der Waals surface area contributed by atoms with Crippen LogP contribution in [0.3, 0.4) is 0 Å². The van der Waals surface area contributed by atoms with Crippen LogP contribution in [-0.4, -0.2) is 15.0 Å². The van der Waals surface area contributed by atoms with E-state index < -0.39 is 0 Å². The van der Waals surface area contributed by atoms with Crippen molar-refractivity contribution in [2.45, 2.75) is 0 Å². The predicted octanol–water partition coefficient (Wildman–Crippen LogP) is 7.11. The van der Waals surface area contributed by atoms with Crippen LogP contribution in [0.4, 0.5) is 0 Å². The summed E-state index contributed by atoms with van der Waals surface area (Å²) in [5, 5.41) is 4.69. The molecular weight excluding hydrogens is 621 g/mol.